The Labute approximate surface area is 146 Å². The van der Waals surface area contributed by atoms with Crippen molar-refractivity contribution in [2.24, 2.45) is 0 Å². The molecule has 0 atom stereocenters. The van der Waals surface area contributed by atoms with Crippen molar-refractivity contribution in [1.29, 1.82) is 5.26 Å². The molecule has 0 saturated carbocycles. The Morgan fingerprint density at radius 1 is 1.04 bits per heavy atom. The highest BCUT2D eigenvalue weighted by molar-refractivity contribution is 5.73. The molecule has 0 fully saturated rings. The van der Waals surface area contributed by atoms with E-state index in [0.717, 1.165) is 5.56 Å². The van der Waals surface area contributed by atoms with E-state index in [1.165, 1.54) is 27.4 Å². The van der Waals surface area contributed by atoms with Crippen molar-refractivity contribution in [3.8, 4) is 29.1 Å². The molecule has 0 bridgehead atoms. The van der Waals surface area contributed by atoms with Gasteiger partial charge in [0.05, 0.1) is 33.0 Å². The van der Waals surface area contributed by atoms with Crippen LogP contribution in [0, 0.1) is 11.3 Å². The molecule has 0 N–H and O–H groups in total. The first kappa shape index (κ1) is 18.1. The molecule has 2 aromatic carbocycles. The van der Waals surface area contributed by atoms with Crippen molar-refractivity contribution in [2.75, 3.05) is 21.3 Å². The van der Waals surface area contributed by atoms with Gasteiger partial charge >= 0.3 is 5.97 Å². The van der Waals surface area contributed by atoms with Gasteiger partial charge in [0.15, 0.2) is 11.5 Å². The van der Waals surface area contributed by atoms with Gasteiger partial charge in [-0.15, -0.1) is 0 Å². The second-order valence-corrected chi connectivity index (χ2v) is 5.15. The molecule has 6 heteroatoms. The first-order valence-corrected chi connectivity index (χ1v) is 7.61. The summed E-state index contributed by atoms with van der Waals surface area (Å²) in [5, 5.41) is 8.87. The molecular formula is C19H19NO5. The molecule has 0 aliphatic heterocycles. The maximum Gasteiger partial charge on any atom is 0.311 e. The highest BCUT2D eigenvalue weighted by Crippen LogP contribution is 2.38. The zero-order chi connectivity index (χ0) is 18.2. The quantitative estimate of drug-likeness (QED) is 0.569. The molecule has 0 aliphatic rings. The number of nitriles is 1. The third kappa shape index (κ3) is 4.64. The number of ether oxygens (including phenoxy) is 4. The van der Waals surface area contributed by atoms with Crippen LogP contribution in [-0.4, -0.2) is 27.3 Å². The highest BCUT2D eigenvalue weighted by atomic mass is 16.5. The van der Waals surface area contributed by atoms with Gasteiger partial charge in [-0.2, -0.15) is 5.26 Å². The van der Waals surface area contributed by atoms with Gasteiger partial charge in [-0.3, -0.25) is 4.79 Å². The average Bonchev–Trinajstić information content (AvgIpc) is 2.65. The van der Waals surface area contributed by atoms with Gasteiger partial charge in [-0.25, -0.2) is 0 Å². The highest BCUT2D eigenvalue weighted by Gasteiger charge is 2.14. The fourth-order valence-electron chi connectivity index (χ4n) is 2.34. The summed E-state index contributed by atoms with van der Waals surface area (Å²) >= 11 is 0. The largest absolute Gasteiger partial charge is 0.493 e. The number of aryl methyl sites for hydroxylation is 1. The fourth-order valence-corrected chi connectivity index (χ4v) is 2.34. The van der Waals surface area contributed by atoms with Gasteiger partial charge in [0, 0.05) is 6.42 Å². The molecular weight excluding hydrogens is 322 g/mol. The molecule has 6 nitrogen and oxygen atoms in total. The molecule has 0 aromatic heterocycles. The van der Waals surface area contributed by atoms with Crippen LogP contribution in [0.3, 0.4) is 0 Å². The first-order valence-electron chi connectivity index (χ1n) is 7.61. The third-order valence-corrected chi connectivity index (χ3v) is 3.54. The molecule has 130 valence electrons. The first-order chi connectivity index (χ1) is 12.1. The third-order valence-electron chi connectivity index (χ3n) is 3.54. The summed E-state index contributed by atoms with van der Waals surface area (Å²) in [6.45, 7) is 0. The van der Waals surface area contributed by atoms with Gasteiger partial charge in [0.2, 0.25) is 5.75 Å². The summed E-state index contributed by atoms with van der Waals surface area (Å²) in [5.74, 6) is 1.54. The minimum Gasteiger partial charge on any atom is -0.493 e. The molecule has 25 heavy (non-hydrogen) atoms. The van der Waals surface area contributed by atoms with Crippen LogP contribution in [0.25, 0.3) is 0 Å². The Hall–Kier alpha value is -3.20. The Kier molecular flexibility index (Phi) is 6.24. The van der Waals surface area contributed by atoms with E-state index in [4.69, 9.17) is 24.2 Å². The molecule has 0 spiro atoms. The van der Waals surface area contributed by atoms with E-state index in [1.807, 2.05) is 6.07 Å². The zero-order valence-electron chi connectivity index (χ0n) is 14.4. The number of rotatable bonds is 7. The van der Waals surface area contributed by atoms with Crippen LogP contribution in [0.2, 0.25) is 0 Å². The Morgan fingerprint density at radius 3 is 2.28 bits per heavy atom. The molecule has 0 unspecified atom stereocenters. The Morgan fingerprint density at radius 2 is 1.72 bits per heavy atom. The monoisotopic (exact) mass is 341 g/mol. The lowest BCUT2D eigenvalue weighted by atomic mass is 10.1. The maximum atomic E-state index is 12.0. The number of carbonyl (C=O) groups is 1. The van der Waals surface area contributed by atoms with Crippen molar-refractivity contribution in [1.82, 2.24) is 0 Å². The number of nitrogens with zero attached hydrogens (tertiary/aromatic N) is 1. The number of carbonyl (C=O) groups excluding carboxylic acids is 1. The van der Waals surface area contributed by atoms with Crippen LogP contribution in [0.15, 0.2) is 36.4 Å². The lowest BCUT2D eigenvalue weighted by Gasteiger charge is -2.14. The average molecular weight is 341 g/mol. The summed E-state index contributed by atoms with van der Waals surface area (Å²) in [5.41, 5.74) is 1.30. The summed E-state index contributed by atoms with van der Waals surface area (Å²) in [6, 6.07) is 12.1. The van der Waals surface area contributed by atoms with E-state index >= 15 is 0 Å². The SMILES string of the molecule is COc1cc(CCC(=O)Oc2cccc(C#N)c2)cc(OC)c1OC. The smallest absolute Gasteiger partial charge is 0.311 e. The number of hydrogen-bond donors (Lipinski definition) is 0. The van der Waals surface area contributed by atoms with E-state index in [0.29, 0.717) is 35.0 Å². The second-order valence-electron chi connectivity index (χ2n) is 5.15. The van der Waals surface area contributed by atoms with Crippen molar-refractivity contribution in [2.45, 2.75) is 12.8 Å². The normalized spacial score (nSPS) is 9.84. The van der Waals surface area contributed by atoms with Gasteiger partial charge in [-0.05, 0) is 42.3 Å². The summed E-state index contributed by atoms with van der Waals surface area (Å²) < 4.78 is 21.1. The minimum absolute atomic E-state index is 0.176. The molecule has 0 radical (unpaired) electrons. The lowest BCUT2D eigenvalue weighted by molar-refractivity contribution is -0.134. The van der Waals surface area contributed by atoms with Crippen LogP contribution in [0.1, 0.15) is 17.5 Å². The van der Waals surface area contributed by atoms with Crippen LogP contribution in [0.4, 0.5) is 0 Å². The van der Waals surface area contributed by atoms with E-state index in [9.17, 15) is 4.79 Å². The van der Waals surface area contributed by atoms with Gasteiger partial charge in [-0.1, -0.05) is 6.07 Å². The maximum absolute atomic E-state index is 12.0. The van der Waals surface area contributed by atoms with Crippen molar-refractivity contribution in [3.63, 3.8) is 0 Å². The fraction of sp³-hybridized carbons (Fsp3) is 0.263. The minimum atomic E-state index is -0.385. The molecule has 0 aliphatic carbocycles. The van der Waals surface area contributed by atoms with Gasteiger partial charge < -0.3 is 18.9 Å². The molecule has 0 amide bonds. The standard InChI is InChI=1S/C19H19NO5/c1-22-16-10-13(11-17(23-2)19(16)24-3)7-8-18(21)25-15-6-4-5-14(9-15)12-20/h4-6,9-11H,7-8H2,1-3H3. The van der Waals surface area contributed by atoms with Crippen molar-refractivity contribution >= 4 is 5.97 Å². The van der Waals surface area contributed by atoms with Crippen molar-refractivity contribution < 1.29 is 23.7 Å². The molecule has 0 saturated heterocycles. The topological polar surface area (TPSA) is 77.8 Å². The van der Waals surface area contributed by atoms with Crippen LogP contribution < -0.4 is 18.9 Å². The van der Waals surface area contributed by atoms with E-state index < -0.39 is 0 Å². The van der Waals surface area contributed by atoms with Crippen LogP contribution >= 0.6 is 0 Å². The lowest BCUT2D eigenvalue weighted by Crippen LogP contribution is -2.09. The number of benzene rings is 2. The summed E-state index contributed by atoms with van der Waals surface area (Å²) in [7, 11) is 4.61. The Balaban J connectivity index is 2.05. The van der Waals surface area contributed by atoms with Gasteiger partial charge in [0.1, 0.15) is 5.75 Å². The van der Waals surface area contributed by atoms with Crippen molar-refractivity contribution in [3.05, 3.63) is 47.5 Å². The second kappa shape index (κ2) is 8.60. The van der Waals surface area contributed by atoms with Crippen LogP contribution in [-0.2, 0) is 11.2 Å². The number of hydrogen-bond acceptors (Lipinski definition) is 6. The predicted molar refractivity (Wildman–Crippen MR) is 91.2 cm³/mol. The number of esters is 1. The summed E-state index contributed by atoms with van der Waals surface area (Å²) in [6.07, 6.45) is 0.628. The molecule has 0 heterocycles. The predicted octanol–water partition coefficient (Wildman–Crippen LogP) is 3.12. The zero-order valence-corrected chi connectivity index (χ0v) is 14.4. The van der Waals surface area contributed by atoms with Gasteiger partial charge in [0.25, 0.3) is 0 Å². The summed E-state index contributed by atoms with van der Waals surface area (Å²) in [4.78, 5) is 12.0. The number of methoxy groups -OCH3 is 3. The molecule has 2 rings (SSSR count). The van der Waals surface area contributed by atoms with E-state index in [2.05, 4.69) is 0 Å². The van der Waals surface area contributed by atoms with E-state index in [1.54, 1.807) is 30.3 Å². The Bertz CT molecular complexity index is 770. The van der Waals surface area contributed by atoms with Crippen LogP contribution in [0.5, 0.6) is 23.0 Å². The molecule has 2 aromatic rings. The van der Waals surface area contributed by atoms with E-state index in [-0.39, 0.29) is 12.4 Å².